The number of nitrogens with one attached hydrogen (secondary N) is 2. The molecule has 1 aromatic heterocycles. The summed E-state index contributed by atoms with van der Waals surface area (Å²) in [6.07, 6.45) is 1.61. The van der Waals surface area contributed by atoms with Crippen molar-refractivity contribution in [2.75, 3.05) is 19.8 Å². The summed E-state index contributed by atoms with van der Waals surface area (Å²) in [4.78, 5) is 15.1. The van der Waals surface area contributed by atoms with Crippen LogP contribution in [-0.2, 0) is 9.53 Å². The van der Waals surface area contributed by atoms with E-state index in [-0.39, 0.29) is 29.1 Å². The average Bonchev–Trinajstić information content (AvgIpc) is 2.99. The minimum Gasteiger partial charge on any atom is -0.380 e. The molecule has 0 atom stereocenters. The average molecular weight is 414 g/mol. The maximum atomic E-state index is 14.4. The lowest BCUT2D eigenvalue weighted by atomic mass is 9.70. The zero-order valence-corrected chi connectivity index (χ0v) is 16.2. The molecular weight excluding hydrogens is 393 g/mol. The van der Waals surface area contributed by atoms with E-state index in [9.17, 15) is 18.0 Å². The summed E-state index contributed by atoms with van der Waals surface area (Å²) in [5.41, 5.74) is 2.52. The van der Waals surface area contributed by atoms with Crippen LogP contribution in [0.3, 0.4) is 0 Å². The fraction of sp³-hybridized carbons (Fsp3) is 0.348. The predicted octanol–water partition coefficient (Wildman–Crippen LogP) is 4.51. The quantitative estimate of drug-likeness (QED) is 0.646. The number of carbonyl (C=O) groups excluding carboxylic acids is 1. The van der Waals surface area contributed by atoms with E-state index in [1.165, 1.54) is 18.2 Å². The van der Waals surface area contributed by atoms with Gasteiger partial charge >= 0.3 is 0 Å². The molecule has 2 N–H and O–H groups in total. The number of carbonyl (C=O) groups is 1. The normalized spacial score (nSPS) is 21.3. The van der Waals surface area contributed by atoms with Crippen molar-refractivity contribution in [1.29, 1.82) is 0 Å². The van der Waals surface area contributed by atoms with E-state index >= 15 is 0 Å². The summed E-state index contributed by atoms with van der Waals surface area (Å²) in [5.74, 6) is -1.25. The van der Waals surface area contributed by atoms with Crippen molar-refractivity contribution in [1.82, 2.24) is 10.3 Å². The van der Waals surface area contributed by atoms with Crippen LogP contribution in [0.2, 0.25) is 0 Å². The van der Waals surface area contributed by atoms with Crippen LogP contribution in [0.15, 0.2) is 36.4 Å². The first-order chi connectivity index (χ1) is 14.5. The molecule has 4 nitrogen and oxygen atoms in total. The molecule has 1 amide bonds. The van der Waals surface area contributed by atoms with Crippen LogP contribution >= 0.6 is 0 Å². The smallest absolute Gasteiger partial charge is 0.227 e. The van der Waals surface area contributed by atoms with Crippen LogP contribution in [-0.4, -0.2) is 30.6 Å². The molecule has 156 valence electrons. The molecule has 2 aromatic carbocycles. The molecule has 2 fully saturated rings. The number of fused-ring (bicyclic) bond motifs is 1. The molecule has 2 aliphatic rings. The minimum atomic E-state index is -0.648. The Kier molecular flexibility index (Phi) is 4.77. The summed E-state index contributed by atoms with van der Waals surface area (Å²) < 4.78 is 46.8. The molecule has 1 aliphatic heterocycles. The highest BCUT2D eigenvalue weighted by Gasteiger charge is 2.35. The molecule has 0 radical (unpaired) electrons. The number of halogens is 3. The fourth-order valence-corrected chi connectivity index (χ4v) is 4.42. The molecular formula is C23H21F3N2O2. The van der Waals surface area contributed by atoms with Gasteiger partial charge in [-0.15, -0.1) is 0 Å². The molecule has 1 saturated carbocycles. The third-order valence-electron chi connectivity index (χ3n) is 6.22. The van der Waals surface area contributed by atoms with Crippen molar-refractivity contribution in [2.24, 2.45) is 11.8 Å². The molecule has 5 rings (SSSR count). The van der Waals surface area contributed by atoms with Gasteiger partial charge in [-0.05, 0) is 66.1 Å². The van der Waals surface area contributed by atoms with E-state index in [1.807, 2.05) is 0 Å². The highest BCUT2D eigenvalue weighted by molar-refractivity contribution is 5.92. The van der Waals surface area contributed by atoms with Gasteiger partial charge in [-0.2, -0.15) is 0 Å². The fourth-order valence-electron chi connectivity index (χ4n) is 4.42. The monoisotopic (exact) mass is 414 g/mol. The molecule has 7 heteroatoms. The highest BCUT2D eigenvalue weighted by Crippen LogP contribution is 2.48. The van der Waals surface area contributed by atoms with Crippen molar-refractivity contribution < 1.29 is 22.7 Å². The molecule has 0 bridgehead atoms. The summed E-state index contributed by atoms with van der Waals surface area (Å²) in [6.45, 7) is 1.54. The number of ether oxygens (including phenoxy) is 1. The Morgan fingerprint density at radius 2 is 1.80 bits per heavy atom. The number of aromatic nitrogens is 1. The molecule has 2 heterocycles. The first-order valence-corrected chi connectivity index (χ1v) is 10.1. The Morgan fingerprint density at radius 3 is 2.47 bits per heavy atom. The number of rotatable bonds is 5. The highest BCUT2D eigenvalue weighted by atomic mass is 19.1. The Morgan fingerprint density at radius 1 is 1.07 bits per heavy atom. The van der Waals surface area contributed by atoms with Crippen molar-refractivity contribution >= 4 is 16.8 Å². The van der Waals surface area contributed by atoms with Gasteiger partial charge in [-0.25, -0.2) is 13.2 Å². The van der Waals surface area contributed by atoms with Gasteiger partial charge in [0, 0.05) is 18.0 Å². The van der Waals surface area contributed by atoms with Crippen molar-refractivity contribution in [2.45, 2.75) is 18.8 Å². The number of hydrogen-bond donors (Lipinski definition) is 2. The molecule has 1 saturated heterocycles. The molecule has 1 aliphatic carbocycles. The van der Waals surface area contributed by atoms with Gasteiger partial charge in [0.05, 0.1) is 30.3 Å². The molecule has 3 aromatic rings. The zero-order chi connectivity index (χ0) is 20.8. The molecule has 30 heavy (non-hydrogen) atoms. The van der Waals surface area contributed by atoms with E-state index in [4.69, 9.17) is 4.74 Å². The summed E-state index contributed by atoms with van der Waals surface area (Å²) in [6, 6.07) is 8.18. The van der Waals surface area contributed by atoms with Gasteiger partial charge < -0.3 is 15.0 Å². The SMILES string of the molecule is O=C(NCC1CC(c2c(-c3ccc(F)cc3)[nH]c3c(F)cc(F)cc23)C1)C1COC1. The number of H-pyrrole nitrogens is 1. The minimum absolute atomic E-state index is 0.0212. The second kappa shape index (κ2) is 7.47. The standard InChI is InChI=1S/C23H21F3N2O2/c24-16-3-1-13(2-4-16)21-20(18-7-17(25)8-19(26)22(18)28-21)14-5-12(6-14)9-27-23(29)15-10-30-11-15/h1-4,7-8,12,14-15,28H,5-6,9-11H2,(H,27,29). The summed E-state index contributed by atoms with van der Waals surface area (Å²) in [5, 5.41) is 3.49. The lowest BCUT2D eigenvalue weighted by Crippen LogP contribution is -2.45. The maximum Gasteiger partial charge on any atom is 0.227 e. The first kappa shape index (κ1) is 19.2. The Bertz CT molecular complexity index is 1100. The van der Waals surface area contributed by atoms with Gasteiger partial charge in [0.15, 0.2) is 0 Å². The van der Waals surface area contributed by atoms with Crippen molar-refractivity contribution in [3.8, 4) is 11.3 Å². The number of aromatic amines is 1. The lowest BCUT2D eigenvalue weighted by Gasteiger charge is -2.37. The maximum absolute atomic E-state index is 14.4. The molecule has 0 unspecified atom stereocenters. The molecule has 0 spiro atoms. The van der Waals surface area contributed by atoms with Crippen LogP contribution in [0.4, 0.5) is 13.2 Å². The third-order valence-corrected chi connectivity index (χ3v) is 6.22. The first-order valence-electron chi connectivity index (χ1n) is 10.1. The zero-order valence-electron chi connectivity index (χ0n) is 16.2. The largest absolute Gasteiger partial charge is 0.380 e. The van der Waals surface area contributed by atoms with E-state index in [0.717, 1.165) is 30.0 Å². The van der Waals surface area contributed by atoms with Crippen molar-refractivity contribution in [3.05, 3.63) is 59.4 Å². The second-order valence-corrected chi connectivity index (χ2v) is 8.24. The second-order valence-electron chi connectivity index (χ2n) is 8.24. The van der Waals surface area contributed by atoms with Crippen LogP contribution in [0, 0.1) is 29.3 Å². The van der Waals surface area contributed by atoms with E-state index in [2.05, 4.69) is 10.3 Å². The van der Waals surface area contributed by atoms with E-state index < -0.39 is 11.6 Å². The number of hydrogen-bond acceptors (Lipinski definition) is 2. The predicted molar refractivity (Wildman–Crippen MR) is 106 cm³/mol. The summed E-state index contributed by atoms with van der Waals surface area (Å²) in [7, 11) is 0. The topological polar surface area (TPSA) is 54.1 Å². The van der Waals surface area contributed by atoms with Gasteiger partial charge in [0.1, 0.15) is 17.5 Å². The van der Waals surface area contributed by atoms with Crippen LogP contribution in [0.25, 0.3) is 22.2 Å². The number of benzene rings is 2. The lowest BCUT2D eigenvalue weighted by molar-refractivity contribution is -0.139. The Labute approximate surface area is 171 Å². The third kappa shape index (κ3) is 3.37. The van der Waals surface area contributed by atoms with Gasteiger partial charge in [-0.1, -0.05) is 0 Å². The Hall–Kier alpha value is -2.80. The summed E-state index contributed by atoms with van der Waals surface area (Å²) >= 11 is 0. The van der Waals surface area contributed by atoms with Crippen LogP contribution < -0.4 is 5.32 Å². The van der Waals surface area contributed by atoms with Crippen LogP contribution in [0.1, 0.15) is 24.3 Å². The Balaban J connectivity index is 1.41. The van der Waals surface area contributed by atoms with Gasteiger partial charge in [0.25, 0.3) is 0 Å². The van der Waals surface area contributed by atoms with E-state index in [1.54, 1.807) is 12.1 Å². The van der Waals surface area contributed by atoms with Gasteiger partial charge in [-0.3, -0.25) is 4.79 Å². The van der Waals surface area contributed by atoms with Crippen molar-refractivity contribution in [3.63, 3.8) is 0 Å². The van der Waals surface area contributed by atoms with Crippen LogP contribution in [0.5, 0.6) is 0 Å². The van der Waals surface area contributed by atoms with E-state index in [0.29, 0.717) is 36.8 Å². The number of amides is 1. The van der Waals surface area contributed by atoms with Gasteiger partial charge in [0.2, 0.25) is 5.91 Å².